The maximum atomic E-state index is 12.6. The average Bonchev–Trinajstić information content (AvgIpc) is 2.52. The SMILES string of the molecule is COC(=O)c1ccc(OC)cc1-c1ccc(C(F)(F)F)cc1. The molecule has 2 rings (SSSR count). The molecule has 2 aromatic carbocycles. The molecule has 0 aliphatic heterocycles. The molecule has 0 radical (unpaired) electrons. The number of hydrogen-bond acceptors (Lipinski definition) is 3. The molecule has 0 aromatic heterocycles. The lowest BCUT2D eigenvalue weighted by molar-refractivity contribution is -0.137. The molecule has 0 saturated carbocycles. The Morgan fingerprint density at radius 3 is 2.14 bits per heavy atom. The van der Waals surface area contributed by atoms with Crippen LogP contribution in [-0.4, -0.2) is 20.2 Å². The topological polar surface area (TPSA) is 35.5 Å². The summed E-state index contributed by atoms with van der Waals surface area (Å²) < 4.78 is 47.6. The Bertz CT molecular complexity index is 676. The Balaban J connectivity index is 2.52. The number of benzene rings is 2. The summed E-state index contributed by atoms with van der Waals surface area (Å²) in [6, 6.07) is 9.23. The standard InChI is InChI=1S/C16H13F3O3/c1-21-12-7-8-13(15(20)22-2)14(9-12)10-3-5-11(6-4-10)16(17,18)19/h3-9H,1-2H3. The molecule has 0 spiro atoms. The Labute approximate surface area is 125 Å². The summed E-state index contributed by atoms with van der Waals surface area (Å²) in [5, 5.41) is 0. The molecule has 22 heavy (non-hydrogen) atoms. The maximum absolute atomic E-state index is 12.6. The minimum atomic E-state index is -4.40. The summed E-state index contributed by atoms with van der Waals surface area (Å²) in [6.07, 6.45) is -4.40. The zero-order valence-corrected chi connectivity index (χ0v) is 11.9. The second-order valence-electron chi connectivity index (χ2n) is 4.48. The van der Waals surface area contributed by atoms with Crippen molar-refractivity contribution < 1.29 is 27.4 Å². The molecular weight excluding hydrogens is 297 g/mol. The fourth-order valence-electron chi connectivity index (χ4n) is 2.02. The van der Waals surface area contributed by atoms with Crippen LogP contribution < -0.4 is 4.74 Å². The number of ether oxygens (including phenoxy) is 2. The number of esters is 1. The molecule has 0 bridgehead atoms. The van der Waals surface area contributed by atoms with Gasteiger partial charge in [-0.15, -0.1) is 0 Å². The van der Waals surface area contributed by atoms with Gasteiger partial charge < -0.3 is 9.47 Å². The van der Waals surface area contributed by atoms with Crippen LogP contribution in [0, 0.1) is 0 Å². The van der Waals surface area contributed by atoms with Gasteiger partial charge in [0.25, 0.3) is 0 Å². The van der Waals surface area contributed by atoms with Crippen molar-refractivity contribution in [1.29, 1.82) is 0 Å². The van der Waals surface area contributed by atoms with E-state index in [-0.39, 0.29) is 5.56 Å². The van der Waals surface area contributed by atoms with Crippen LogP contribution in [0.3, 0.4) is 0 Å². The molecule has 2 aromatic rings. The fraction of sp³-hybridized carbons (Fsp3) is 0.188. The van der Waals surface area contributed by atoms with E-state index < -0.39 is 17.7 Å². The van der Waals surface area contributed by atoms with Crippen molar-refractivity contribution in [2.75, 3.05) is 14.2 Å². The maximum Gasteiger partial charge on any atom is 0.416 e. The van der Waals surface area contributed by atoms with Crippen LogP contribution in [0.25, 0.3) is 11.1 Å². The molecule has 116 valence electrons. The van der Waals surface area contributed by atoms with Crippen molar-refractivity contribution in [2.45, 2.75) is 6.18 Å². The highest BCUT2D eigenvalue weighted by molar-refractivity contribution is 5.97. The van der Waals surface area contributed by atoms with Crippen LogP contribution in [0.2, 0.25) is 0 Å². The zero-order chi connectivity index (χ0) is 16.3. The van der Waals surface area contributed by atoms with Crippen LogP contribution in [0.5, 0.6) is 5.75 Å². The van der Waals surface area contributed by atoms with Crippen LogP contribution in [0.1, 0.15) is 15.9 Å². The molecule has 0 fully saturated rings. The highest BCUT2D eigenvalue weighted by Crippen LogP contribution is 2.33. The Morgan fingerprint density at radius 2 is 1.64 bits per heavy atom. The predicted octanol–water partition coefficient (Wildman–Crippen LogP) is 4.17. The number of halogens is 3. The van der Waals surface area contributed by atoms with Gasteiger partial charge in [0, 0.05) is 0 Å². The van der Waals surface area contributed by atoms with Crippen molar-refractivity contribution in [3.63, 3.8) is 0 Å². The first-order chi connectivity index (χ1) is 10.4. The third-order valence-electron chi connectivity index (χ3n) is 3.16. The summed E-state index contributed by atoms with van der Waals surface area (Å²) in [5.41, 5.74) is 0.411. The van der Waals surface area contributed by atoms with Gasteiger partial charge in [-0.05, 0) is 41.5 Å². The van der Waals surface area contributed by atoms with E-state index in [1.807, 2.05) is 0 Å². The molecule has 3 nitrogen and oxygen atoms in total. The molecule has 0 aliphatic carbocycles. The van der Waals surface area contributed by atoms with E-state index in [1.165, 1.54) is 32.4 Å². The largest absolute Gasteiger partial charge is 0.497 e. The van der Waals surface area contributed by atoms with Gasteiger partial charge in [0.15, 0.2) is 0 Å². The molecule has 0 atom stereocenters. The number of carbonyl (C=O) groups is 1. The van der Waals surface area contributed by atoms with Crippen molar-refractivity contribution in [2.24, 2.45) is 0 Å². The molecule has 0 N–H and O–H groups in total. The second kappa shape index (κ2) is 6.09. The van der Waals surface area contributed by atoms with Crippen molar-refractivity contribution in [1.82, 2.24) is 0 Å². The van der Waals surface area contributed by atoms with Crippen molar-refractivity contribution in [3.8, 4) is 16.9 Å². The van der Waals surface area contributed by atoms with Gasteiger partial charge in [0.1, 0.15) is 5.75 Å². The van der Waals surface area contributed by atoms with E-state index in [9.17, 15) is 18.0 Å². The number of methoxy groups -OCH3 is 2. The smallest absolute Gasteiger partial charge is 0.416 e. The van der Waals surface area contributed by atoms with Gasteiger partial charge in [0.05, 0.1) is 25.3 Å². The van der Waals surface area contributed by atoms with E-state index in [0.717, 1.165) is 12.1 Å². The van der Waals surface area contributed by atoms with E-state index in [1.54, 1.807) is 12.1 Å². The number of carbonyl (C=O) groups excluding carboxylic acids is 1. The number of rotatable bonds is 3. The first kappa shape index (κ1) is 15.9. The predicted molar refractivity (Wildman–Crippen MR) is 74.8 cm³/mol. The minimum absolute atomic E-state index is 0.253. The van der Waals surface area contributed by atoms with Gasteiger partial charge in [-0.3, -0.25) is 0 Å². The van der Waals surface area contributed by atoms with Crippen LogP contribution >= 0.6 is 0 Å². The first-order valence-corrected chi connectivity index (χ1v) is 6.31. The molecule has 6 heteroatoms. The average molecular weight is 310 g/mol. The van der Waals surface area contributed by atoms with E-state index in [4.69, 9.17) is 9.47 Å². The van der Waals surface area contributed by atoms with Gasteiger partial charge in [-0.25, -0.2) is 4.79 Å². The van der Waals surface area contributed by atoms with Gasteiger partial charge in [-0.1, -0.05) is 12.1 Å². The highest BCUT2D eigenvalue weighted by Gasteiger charge is 2.30. The van der Waals surface area contributed by atoms with Gasteiger partial charge in [-0.2, -0.15) is 13.2 Å². The number of hydrogen-bond donors (Lipinski definition) is 0. The highest BCUT2D eigenvalue weighted by atomic mass is 19.4. The molecule has 0 unspecified atom stereocenters. The lowest BCUT2D eigenvalue weighted by Crippen LogP contribution is -2.05. The summed E-state index contributed by atoms with van der Waals surface area (Å²) >= 11 is 0. The summed E-state index contributed by atoms with van der Waals surface area (Å²) in [5.74, 6) is -0.0832. The Kier molecular flexibility index (Phi) is 4.40. The molecule has 0 heterocycles. The van der Waals surface area contributed by atoms with Gasteiger partial charge in [0.2, 0.25) is 0 Å². The third-order valence-corrected chi connectivity index (χ3v) is 3.16. The van der Waals surface area contributed by atoms with Crippen molar-refractivity contribution >= 4 is 5.97 Å². The van der Waals surface area contributed by atoms with E-state index in [0.29, 0.717) is 16.9 Å². The fourth-order valence-corrected chi connectivity index (χ4v) is 2.02. The molecule has 0 saturated heterocycles. The first-order valence-electron chi connectivity index (χ1n) is 6.31. The van der Waals surface area contributed by atoms with E-state index >= 15 is 0 Å². The third kappa shape index (κ3) is 3.21. The van der Waals surface area contributed by atoms with E-state index in [2.05, 4.69) is 0 Å². The minimum Gasteiger partial charge on any atom is -0.497 e. The number of alkyl halides is 3. The van der Waals surface area contributed by atoms with Crippen LogP contribution in [0.15, 0.2) is 42.5 Å². The zero-order valence-electron chi connectivity index (χ0n) is 11.9. The Hall–Kier alpha value is -2.50. The normalized spacial score (nSPS) is 11.1. The Morgan fingerprint density at radius 1 is 1.00 bits per heavy atom. The lowest BCUT2D eigenvalue weighted by atomic mass is 9.98. The summed E-state index contributed by atoms with van der Waals surface area (Å²) in [4.78, 5) is 11.8. The van der Waals surface area contributed by atoms with Crippen LogP contribution in [-0.2, 0) is 10.9 Å². The molecular formula is C16H13F3O3. The second-order valence-corrected chi connectivity index (χ2v) is 4.48. The van der Waals surface area contributed by atoms with Gasteiger partial charge >= 0.3 is 12.1 Å². The lowest BCUT2D eigenvalue weighted by Gasteiger charge is -2.12. The summed E-state index contributed by atoms with van der Waals surface area (Å²) in [6.45, 7) is 0. The molecule has 0 amide bonds. The summed E-state index contributed by atoms with van der Waals surface area (Å²) in [7, 11) is 2.70. The quantitative estimate of drug-likeness (QED) is 0.798. The van der Waals surface area contributed by atoms with Crippen LogP contribution in [0.4, 0.5) is 13.2 Å². The van der Waals surface area contributed by atoms with Crippen molar-refractivity contribution in [3.05, 3.63) is 53.6 Å². The monoisotopic (exact) mass is 310 g/mol. The molecule has 0 aliphatic rings.